The molecule has 3 atom stereocenters. The van der Waals surface area contributed by atoms with Gasteiger partial charge in [0.2, 0.25) is 0 Å². The standard InChI is InChI=1S/C11H21N2/c1-3-5-13-6-4-11(7-10(11)13)8-12(2)9-13/h10H,3-9H2,1-2H3/q+1. The van der Waals surface area contributed by atoms with Gasteiger partial charge >= 0.3 is 0 Å². The van der Waals surface area contributed by atoms with Gasteiger partial charge in [0.25, 0.3) is 0 Å². The van der Waals surface area contributed by atoms with Gasteiger partial charge in [0.1, 0.15) is 6.67 Å². The molecule has 2 heterocycles. The zero-order valence-electron chi connectivity index (χ0n) is 8.92. The molecule has 3 aliphatic rings. The number of hydrogen-bond donors (Lipinski definition) is 0. The van der Waals surface area contributed by atoms with E-state index in [-0.39, 0.29) is 0 Å². The predicted molar refractivity (Wildman–Crippen MR) is 53.2 cm³/mol. The van der Waals surface area contributed by atoms with Crippen LogP contribution in [-0.4, -0.2) is 48.8 Å². The van der Waals surface area contributed by atoms with Gasteiger partial charge in [-0.2, -0.15) is 0 Å². The summed E-state index contributed by atoms with van der Waals surface area (Å²) in [6.45, 7) is 7.96. The van der Waals surface area contributed by atoms with Gasteiger partial charge in [-0.1, -0.05) is 6.92 Å². The van der Waals surface area contributed by atoms with Crippen LogP contribution in [0.25, 0.3) is 0 Å². The third kappa shape index (κ3) is 0.909. The van der Waals surface area contributed by atoms with E-state index in [0.717, 1.165) is 11.5 Å². The van der Waals surface area contributed by atoms with Crippen LogP contribution in [0.5, 0.6) is 0 Å². The van der Waals surface area contributed by atoms with Crippen LogP contribution in [0.4, 0.5) is 0 Å². The van der Waals surface area contributed by atoms with E-state index < -0.39 is 0 Å². The van der Waals surface area contributed by atoms with Crippen LogP contribution < -0.4 is 0 Å². The minimum Gasteiger partial charge on any atom is -0.308 e. The van der Waals surface area contributed by atoms with Crippen LogP contribution in [0.3, 0.4) is 0 Å². The average Bonchev–Trinajstić information content (AvgIpc) is 2.74. The van der Waals surface area contributed by atoms with Crippen molar-refractivity contribution in [2.24, 2.45) is 5.41 Å². The minimum atomic E-state index is 0.794. The molecule has 2 aliphatic heterocycles. The van der Waals surface area contributed by atoms with Crippen molar-refractivity contribution in [1.29, 1.82) is 0 Å². The summed E-state index contributed by atoms with van der Waals surface area (Å²) in [5, 5.41) is 0. The predicted octanol–water partition coefficient (Wildman–Crippen LogP) is 1.28. The fourth-order valence-electron chi connectivity index (χ4n) is 4.24. The van der Waals surface area contributed by atoms with Crippen LogP contribution >= 0.6 is 0 Å². The van der Waals surface area contributed by atoms with Crippen LogP contribution in [0, 0.1) is 5.41 Å². The molecule has 0 N–H and O–H groups in total. The molecule has 2 bridgehead atoms. The minimum absolute atomic E-state index is 0.794. The number of quaternary nitrogens is 1. The summed E-state index contributed by atoms with van der Waals surface area (Å²) in [5.41, 5.74) is 0.794. The molecule has 0 spiro atoms. The number of piperidine rings is 1. The molecule has 13 heavy (non-hydrogen) atoms. The van der Waals surface area contributed by atoms with E-state index in [1.54, 1.807) is 0 Å². The van der Waals surface area contributed by atoms with E-state index in [1.165, 1.54) is 50.0 Å². The maximum Gasteiger partial charge on any atom is 0.135 e. The second-order valence-electron chi connectivity index (χ2n) is 5.65. The Morgan fingerprint density at radius 3 is 3.08 bits per heavy atom. The molecular weight excluding hydrogens is 160 g/mol. The van der Waals surface area contributed by atoms with E-state index in [2.05, 4.69) is 18.9 Å². The molecule has 0 aromatic rings. The Balaban J connectivity index is 1.88. The highest BCUT2D eigenvalue weighted by atomic mass is 15.5. The lowest BCUT2D eigenvalue weighted by atomic mass is 10.0. The zero-order valence-corrected chi connectivity index (χ0v) is 8.92. The fraction of sp³-hybridized carbons (Fsp3) is 1.00. The monoisotopic (exact) mass is 181 g/mol. The number of nitrogens with zero attached hydrogens (tertiary/aromatic N) is 2. The van der Waals surface area contributed by atoms with E-state index in [9.17, 15) is 0 Å². The first kappa shape index (κ1) is 8.25. The van der Waals surface area contributed by atoms with Gasteiger partial charge in [0, 0.05) is 24.8 Å². The Morgan fingerprint density at radius 2 is 2.38 bits per heavy atom. The second kappa shape index (κ2) is 2.29. The topological polar surface area (TPSA) is 3.24 Å². The van der Waals surface area contributed by atoms with Crippen molar-refractivity contribution in [1.82, 2.24) is 4.90 Å². The summed E-state index contributed by atoms with van der Waals surface area (Å²) in [6.07, 6.45) is 4.42. The number of rotatable bonds is 2. The second-order valence-corrected chi connectivity index (χ2v) is 5.65. The summed E-state index contributed by atoms with van der Waals surface area (Å²) in [4.78, 5) is 2.58. The maximum absolute atomic E-state index is 2.58. The highest BCUT2D eigenvalue weighted by molar-refractivity contribution is 5.11. The Morgan fingerprint density at radius 1 is 1.54 bits per heavy atom. The van der Waals surface area contributed by atoms with Gasteiger partial charge in [0.15, 0.2) is 0 Å². The molecule has 2 nitrogen and oxygen atoms in total. The van der Waals surface area contributed by atoms with Crippen molar-refractivity contribution in [3.8, 4) is 0 Å². The highest BCUT2D eigenvalue weighted by Crippen LogP contribution is 2.63. The first-order valence-corrected chi connectivity index (χ1v) is 5.75. The smallest absolute Gasteiger partial charge is 0.135 e. The van der Waals surface area contributed by atoms with E-state index in [4.69, 9.17) is 0 Å². The van der Waals surface area contributed by atoms with Crippen LogP contribution in [0.1, 0.15) is 26.2 Å². The van der Waals surface area contributed by atoms with Crippen molar-refractivity contribution in [2.45, 2.75) is 32.2 Å². The Bertz CT molecular complexity index is 236. The normalized spacial score (nSPS) is 53.5. The van der Waals surface area contributed by atoms with Crippen molar-refractivity contribution in [3.63, 3.8) is 0 Å². The highest BCUT2D eigenvalue weighted by Gasteiger charge is 2.72. The van der Waals surface area contributed by atoms with Gasteiger partial charge < -0.3 is 4.48 Å². The quantitative estimate of drug-likeness (QED) is 0.580. The molecule has 0 aromatic heterocycles. The van der Waals surface area contributed by atoms with E-state index >= 15 is 0 Å². The van der Waals surface area contributed by atoms with E-state index in [0.29, 0.717) is 0 Å². The molecule has 1 saturated carbocycles. The Labute approximate surface area is 81.1 Å². The fourth-order valence-corrected chi connectivity index (χ4v) is 4.24. The average molecular weight is 181 g/mol. The van der Waals surface area contributed by atoms with Gasteiger partial charge in [-0.3, -0.25) is 4.90 Å². The molecule has 3 fully saturated rings. The molecule has 1 aliphatic carbocycles. The van der Waals surface area contributed by atoms with Gasteiger partial charge in [0.05, 0.1) is 19.1 Å². The molecule has 0 radical (unpaired) electrons. The van der Waals surface area contributed by atoms with E-state index in [1.807, 2.05) is 0 Å². The lowest BCUT2D eigenvalue weighted by Gasteiger charge is -2.41. The Hall–Kier alpha value is -0.0800. The van der Waals surface area contributed by atoms with Gasteiger partial charge in [-0.05, 0) is 13.5 Å². The van der Waals surface area contributed by atoms with Gasteiger partial charge in [-0.15, -0.1) is 0 Å². The lowest BCUT2D eigenvalue weighted by molar-refractivity contribution is -0.943. The summed E-state index contributed by atoms with van der Waals surface area (Å²) >= 11 is 0. The molecule has 74 valence electrons. The third-order valence-electron chi connectivity index (χ3n) is 4.64. The largest absolute Gasteiger partial charge is 0.308 e. The van der Waals surface area contributed by atoms with Crippen molar-refractivity contribution in [3.05, 3.63) is 0 Å². The summed E-state index contributed by atoms with van der Waals surface area (Å²) < 4.78 is 1.45. The first-order chi connectivity index (χ1) is 6.21. The van der Waals surface area contributed by atoms with Gasteiger partial charge in [-0.25, -0.2) is 0 Å². The first-order valence-electron chi connectivity index (χ1n) is 5.75. The van der Waals surface area contributed by atoms with Crippen LogP contribution in [0.15, 0.2) is 0 Å². The van der Waals surface area contributed by atoms with Crippen molar-refractivity contribution < 1.29 is 4.48 Å². The Kier molecular flexibility index (Phi) is 1.45. The van der Waals surface area contributed by atoms with Crippen molar-refractivity contribution >= 4 is 0 Å². The molecule has 2 saturated heterocycles. The molecule has 0 amide bonds. The maximum atomic E-state index is 2.58. The SMILES string of the molecule is CCC[N+]12CCC3(CC31)CN(C)C2. The van der Waals surface area contributed by atoms with Crippen LogP contribution in [-0.2, 0) is 0 Å². The molecule has 0 aromatic carbocycles. The van der Waals surface area contributed by atoms with Crippen molar-refractivity contribution in [2.75, 3.05) is 33.4 Å². The summed E-state index contributed by atoms with van der Waals surface area (Å²) in [5.74, 6) is 0. The number of hydrogen-bond acceptors (Lipinski definition) is 1. The lowest BCUT2D eigenvalue weighted by Crippen LogP contribution is -2.57. The molecule has 3 unspecified atom stereocenters. The zero-order chi connectivity index (χ0) is 9.10. The van der Waals surface area contributed by atoms with Crippen LogP contribution in [0.2, 0.25) is 0 Å². The summed E-state index contributed by atoms with van der Waals surface area (Å²) in [7, 11) is 2.31. The molecular formula is C11H21N2+. The summed E-state index contributed by atoms with van der Waals surface area (Å²) in [6, 6.07) is 1.07. The molecule has 2 heteroatoms. The molecule has 3 rings (SSSR count). The third-order valence-corrected chi connectivity index (χ3v) is 4.64.